The maximum Gasteiger partial charge on any atom is 0.321 e. The van der Waals surface area contributed by atoms with E-state index >= 15 is 0 Å². The molecule has 1 fully saturated rings. The van der Waals surface area contributed by atoms with E-state index in [-0.39, 0.29) is 6.03 Å². The molecule has 0 unspecified atom stereocenters. The number of aryl methyl sites for hydroxylation is 2. The number of anilines is 6. The van der Waals surface area contributed by atoms with Crippen molar-refractivity contribution in [1.82, 2.24) is 19.9 Å². The van der Waals surface area contributed by atoms with Crippen LogP contribution >= 0.6 is 23.2 Å². The van der Waals surface area contributed by atoms with Gasteiger partial charge in [0.1, 0.15) is 5.02 Å². The van der Waals surface area contributed by atoms with E-state index in [2.05, 4.69) is 35.8 Å². The molecule has 0 saturated carbocycles. The quantitative estimate of drug-likeness (QED) is 0.271. The Balaban J connectivity index is 1.21. The lowest BCUT2D eigenvalue weighted by Crippen LogP contribution is -2.50. The van der Waals surface area contributed by atoms with Gasteiger partial charge in [-0.15, -0.1) is 0 Å². The summed E-state index contributed by atoms with van der Waals surface area (Å²) in [5, 5.41) is 10.7. The van der Waals surface area contributed by atoms with E-state index < -0.39 is 0 Å². The second kappa shape index (κ2) is 11.0. The van der Waals surface area contributed by atoms with Crippen LogP contribution in [-0.2, 0) is 12.8 Å². The molecule has 2 amide bonds. The van der Waals surface area contributed by atoms with Crippen molar-refractivity contribution < 1.29 is 4.79 Å². The number of nitrogens with one attached hydrogen (secondary N) is 3. The minimum absolute atomic E-state index is 0.109. The number of aromatic nitrogens is 3. The first-order valence-electron chi connectivity index (χ1n) is 12.7. The van der Waals surface area contributed by atoms with Crippen molar-refractivity contribution in [2.75, 3.05) is 47.0 Å². The third-order valence-electron chi connectivity index (χ3n) is 6.85. The monoisotopic (exact) mass is 560 g/mol. The summed E-state index contributed by atoms with van der Waals surface area (Å²) >= 11 is 12.4. The van der Waals surface area contributed by atoms with Crippen molar-refractivity contribution in [2.24, 2.45) is 0 Å². The van der Waals surface area contributed by atoms with E-state index in [0.717, 1.165) is 53.4 Å². The van der Waals surface area contributed by atoms with Gasteiger partial charge in [-0.3, -0.25) is 4.98 Å². The number of nitrogens with zero attached hydrogens (tertiary/aromatic N) is 5. The molecule has 4 heterocycles. The second-order valence-corrected chi connectivity index (χ2v) is 10.3. The van der Waals surface area contributed by atoms with Gasteiger partial charge in [0.05, 0.1) is 18.1 Å². The summed E-state index contributed by atoms with van der Waals surface area (Å²) in [5.41, 5.74) is 5.54. The van der Waals surface area contributed by atoms with Crippen molar-refractivity contribution in [3.63, 3.8) is 0 Å². The summed E-state index contributed by atoms with van der Waals surface area (Å²) in [6, 6.07) is 15.6. The highest BCUT2D eigenvalue weighted by atomic mass is 35.5. The number of urea groups is 1. The number of piperazine rings is 1. The summed E-state index contributed by atoms with van der Waals surface area (Å²) < 4.78 is 0. The molecule has 2 aromatic heterocycles. The van der Waals surface area contributed by atoms with E-state index in [1.54, 1.807) is 12.4 Å². The number of hydrogen-bond acceptors (Lipinski definition) is 7. The smallest absolute Gasteiger partial charge is 0.321 e. The minimum atomic E-state index is -0.109. The first-order valence-corrected chi connectivity index (χ1v) is 13.5. The number of rotatable bonds is 2. The van der Waals surface area contributed by atoms with Crippen LogP contribution in [0.1, 0.15) is 11.1 Å². The number of halogens is 2. The molecule has 39 heavy (non-hydrogen) atoms. The Morgan fingerprint density at radius 3 is 2.51 bits per heavy atom. The van der Waals surface area contributed by atoms with Gasteiger partial charge in [-0.25, -0.2) is 9.78 Å². The number of carbonyl (C=O) groups excluding carboxylic acids is 1. The van der Waals surface area contributed by atoms with Crippen LogP contribution in [0.4, 0.5) is 39.3 Å². The zero-order chi connectivity index (χ0) is 26.8. The molecular weight excluding hydrogens is 535 g/mol. The van der Waals surface area contributed by atoms with Gasteiger partial charge in [0.25, 0.3) is 0 Å². The summed E-state index contributed by atoms with van der Waals surface area (Å²) in [4.78, 5) is 30.5. The Labute approximate surface area is 236 Å². The van der Waals surface area contributed by atoms with Crippen LogP contribution in [0, 0.1) is 0 Å². The molecule has 2 aliphatic heterocycles. The molecule has 3 N–H and O–H groups in total. The molecule has 6 bridgehead atoms. The molecule has 1 saturated heterocycles. The molecule has 4 aromatic rings. The number of fused-ring (bicyclic) bond motifs is 6. The molecule has 0 atom stereocenters. The number of pyridine rings is 1. The summed E-state index contributed by atoms with van der Waals surface area (Å²) in [5.74, 6) is 0.902. The first kappa shape index (κ1) is 25.2. The zero-order valence-corrected chi connectivity index (χ0v) is 22.5. The summed E-state index contributed by atoms with van der Waals surface area (Å²) in [7, 11) is 0. The van der Waals surface area contributed by atoms with Gasteiger partial charge in [0, 0.05) is 54.5 Å². The molecule has 6 rings (SSSR count). The van der Waals surface area contributed by atoms with Crippen molar-refractivity contribution in [3.05, 3.63) is 88.3 Å². The highest BCUT2D eigenvalue weighted by Crippen LogP contribution is 2.29. The number of amides is 2. The Kier molecular flexibility index (Phi) is 7.08. The lowest BCUT2D eigenvalue weighted by Gasteiger charge is -2.36. The van der Waals surface area contributed by atoms with Gasteiger partial charge in [-0.2, -0.15) is 4.98 Å². The van der Waals surface area contributed by atoms with Crippen LogP contribution < -0.4 is 20.9 Å². The van der Waals surface area contributed by atoms with E-state index in [1.165, 1.54) is 0 Å². The van der Waals surface area contributed by atoms with Crippen molar-refractivity contribution >= 4 is 63.7 Å². The van der Waals surface area contributed by atoms with Crippen molar-refractivity contribution in [1.29, 1.82) is 0 Å². The van der Waals surface area contributed by atoms with Gasteiger partial charge >= 0.3 is 6.03 Å². The largest absolute Gasteiger partial charge is 0.368 e. The van der Waals surface area contributed by atoms with E-state index in [1.807, 2.05) is 59.6 Å². The van der Waals surface area contributed by atoms with Crippen LogP contribution in [0.3, 0.4) is 0 Å². The van der Waals surface area contributed by atoms with Gasteiger partial charge < -0.3 is 25.8 Å². The topological polar surface area (TPSA) is 98.3 Å². The van der Waals surface area contributed by atoms with Gasteiger partial charge in [0.15, 0.2) is 5.82 Å². The summed E-state index contributed by atoms with van der Waals surface area (Å²) in [6.45, 7) is 2.76. The number of carbonyl (C=O) groups is 1. The van der Waals surface area contributed by atoms with Crippen LogP contribution in [0.15, 0.2) is 67.1 Å². The fourth-order valence-electron chi connectivity index (χ4n) is 4.77. The SMILES string of the molecule is O=C(Nc1ccc2cc1CCc1cncc(c1)Nc1ncc(Cl)c(n1)N2)N1CCN(c2ccc(Cl)cc2)CC1. The molecule has 198 valence electrons. The summed E-state index contributed by atoms with van der Waals surface area (Å²) in [6.07, 6.45) is 6.58. The Morgan fingerprint density at radius 2 is 1.69 bits per heavy atom. The highest BCUT2D eigenvalue weighted by molar-refractivity contribution is 6.33. The zero-order valence-electron chi connectivity index (χ0n) is 21.0. The molecule has 11 heteroatoms. The molecule has 0 radical (unpaired) electrons. The predicted molar refractivity (Wildman–Crippen MR) is 156 cm³/mol. The van der Waals surface area contributed by atoms with Gasteiger partial charge in [-0.05, 0) is 72.5 Å². The van der Waals surface area contributed by atoms with Crippen LogP contribution in [0.5, 0.6) is 0 Å². The highest BCUT2D eigenvalue weighted by Gasteiger charge is 2.22. The second-order valence-electron chi connectivity index (χ2n) is 9.47. The standard InChI is InChI=1S/C28H26Cl2N8O/c29-20-3-6-23(7-4-20)37-9-11-38(12-10-37)28(39)35-25-8-5-21-14-19(25)2-1-18-13-22(16-31-15-18)34-27-32-17-24(30)26(33-21)36-27/h3-8,13-17H,1-2,9-12H2,(H,35,39)(H2,32,33,34,36). The van der Waals surface area contributed by atoms with Crippen LogP contribution in [0.25, 0.3) is 0 Å². The van der Waals surface area contributed by atoms with Gasteiger partial charge in [-0.1, -0.05) is 23.2 Å². The lowest BCUT2D eigenvalue weighted by molar-refractivity contribution is 0.208. The fourth-order valence-corrected chi connectivity index (χ4v) is 5.03. The van der Waals surface area contributed by atoms with Crippen molar-refractivity contribution in [2.45, 2.75) is 12.8 Å². The molecule has 0 aliphatic carbocycles. The molecule has 9 nitrogen and oxygen atoms in total. The Bertz CT molecular complexity index is 1510. The third kappa shape index (κ3) is 5.84. The Morgan fingerprint density at radius 1 is 0.872 bits per heavy atom. The number of benzene rings is 2. The van der Waals surface area contributed by atoms with E-state index in [4.69, 9.17) is 23.2 Å². The molecule has 2 aromatic carbocycles. The van der Waals surface area contributed by atoms with Crippen LogP contribution in [0.2, 0.25) is 10.0 Å². The molecular formula is C28H26Cl2N8O. The Hall–Kier alpha value is -4.08. The van der Waals surface area contributed by atoms with E-state index in [9.17, 15) is 4.79 Å². The number of hydrogen-bond donors (Lipinski definition) is 3. The fraction of sp³-hybridized carbons (Fsp3) is 0.214. The normalized spacial score (nSPS) is 14.7. The third-order valence-corrected chi connectivity index (χ3v) is 7.37. The van der Waals surface area contributed by atoms with E-state index in [0.29, 0.717) is 41.3 Å². The first-order chi connectivity index (χ1) is 19.0. The maximum absolute atomic E-state index is 13.3. The molecule has 2 aliphatic rings. The predicted octanol–water partition coefficient (Wildman–Crippen LogP) is 6.12. The lowest BCUT2D eigenvalue weighted by atomic mass is 10.0. The average Bonchev–Trinajstić information content (AvgIpc) is 2.95. The minimum Gasteiger partial charge on any atom is -0.368 e. The van der Waals surface area contributed by atoms with Crippen molar-refractivity contribution in [3.8, 4) is 0 Å². The maximum atomic E-state index is 13.3. The average molecular weight is 561 g/mol. The van der Waals surface area contributed by atoms with Crippen LogP contribution in [-0.4, -0.2) is 52.1 Å². The van der Waals surface area contributed by atoms with Gasteiger partial charge in [0.2, 0.25) is 5.95 Å². The molecule has 0 spiro atoms.